The van der Waals surface area contributed by atoms with E-state index in [9.17, 15) is 23.3 Å². The molecule has 4 rings (SSSR count). The van der Waals surface area contributed by atoms with Crippen LogP contribution in [0.2, 0.25) is 0 Å². The van der Waals surface area contributed by atoms with Crippen LogP contribution in [0.4, 0.5) is 5.69 Å². The molecule has 3 aromatic carbocycles. The molecule has 1 heterocycles. The number of sulfonamides is 1. The third-order valence-electron chi connectivity index (χ3n) is 5.56. The second kappa shape index (κ2) is 11.3. The molecular weight excluding hydrogens is 512 g/mol. The van der Waals surface area contributed by atoms with Gasteiger partial charge in [0.25, 0.3) is 15.9 Å². The highest BCUT2D eigenvalue weighted by molar-refractivity contribution is 7.90. The van der Waals surface area contributed by atoms with Gasteiger partial charge in [-0.3, -0.25) is 14.9 Å². The Kier molecular flexibility index (Phi) is 7.93. The number of nitrogens with zero attached hydrogens (tertiary/aromatic N) is 2. The number of rotatable bonds is 11. The van der Waals surface area contributed by atoms with Crippen molar-refractivity contribution in [3.63, 3.8) is 0 Å². The second-order valence-electron chi connectivity index (χ2n) is 8.65. The first-order valence-corrected chi connectivity index (χ1v) is 13.1. The zero-order chi connectivity index (χ0) is 27.3. The lowest BCUT2D eigenvalue weighted by Gasteiger charge is -2.13. The Morgan fingerprint density at radius 1 is 1.05 bits per heavy atom. The Morgan fingerprint density at radius 2 is 1.84 bits per heavy atom. The van der Waals surface area contributed by atoms with E-state index in [1.807, 2.05) is 35.9 Å². The van der Waals surface area contributed by atoms with Gasteiger partial charge in [0.15, 0.2) is 5.75 Å². The van der Waals surface area contributed by atoms with Gasteiger partial charge in [0.1, 0.15) is 11.5 Å². The number of aromatic amines is 1. The summed E-state index contributed by atoms with van der Waals surface area (Å²) in [7, 11) is -0.669. The van der Waals surface area contributed by atoms with Crippen LogP contribution in [0.25, 0.3) is 10.9 Å². The lowest BCUT2D eigenvalue weighted by Crippen LogP contribution is -2.30. The van der Waals surface area contributed by atoms with E-state index >= 15 is 0 Å². The third kappa shape index (κ3) is 6.28. The van der Waals surface area contributed by atoms with Gasteiger partial charge in [-0.05, 0) is 69.0 Å². The van der Waals surface area contributed by atoms with Crippen LogP contribution in [0.15, 0.2) is 77.8 Å². The zero-order valence-electron chi connectivity index (χ0n) is 20.7. The first-order chi connectivity index (χ1) is 18.1. The van der Waals surface area contributed by atoms with Gasteiger partial charge in [-0.15, -0.1) is 0 Å². The minimum atomic E-state index is -4.45. The van der Waals surface area contributed by atoms with Crippen LogP contribution >= 0.6 is 0 Å². The Hall–Kier alpha value is -4.42. The summed E-state index contributed by atoms with van der Waals surface area (Å²) < 4.78 is 39.3. The topological polar surface area (TPSA) is 144 Å². The monoisotopic (exact) mass is 538 g/mol. The van der Waals surface area contributed by atoms with Crippen molar-refractivity contribution < 1.29 is 27.6 Å². The molecule has 1 amide bonds. The molecule has 0 saturated heterocycles. The van der Waals surface area contributed by atoms with Crippen molar-refractivity contribution in [3.8, 4) is 17.2 Å². The van der Waals surface area contributed by atoms with E-state index < -0.39 is 31.4 Å². The normalized spacial score (nSPS) is 11.4. The number of hydrogen-bond acceptors (Lipinski definition) is 8. The van der Waals surface area contributed by atoms with E-state index in [1.54, 1.807) is 30.5 Å². The van der Waals surface area contributed by atoms with Gasteiger partial charge < -0.3 is 19.4 Å². The quantitative estimate of drug-likeness (QED) is 0.163. The molecule has 1 aromatic heterocycles. The van der Waals surface area contributed by atoms with Crippen molar-refractivity contribution in [2.45, 2.75) is 11.3 Å². The van der Waals surface area contributed by atoms with Crippen molar-refractivity contribution in [1.29, 1.82) is 0 Å². The Morgan fingerprint density at radius 3 is 2.61 bits per heavy atom. The zero-order valence-corrected chi connectivity index (χ0v) is 21.5. The van der Waals surface area contributed by atoms with E-state index in [0.29, 0.717) is 12.2 Å². The van der Waals surface area contributed by atoms with Crippen molar-refractivity contribution in [2.24, 2.45) is 0 Å². The number of amides is 1. The number of benzene rings is 3. The Bertz CT molecular complexity index is 1580. The average Bonchev–Trinajstić information content (AvgIpc) is 3.34. The molecule has 12 heteroatoms. The summed E-state index contributed by atoms with van der Waals surface area (Å²) >= 11 is 0. The lowest BCUT2D eigenvalue weighted by molar-refractivity contribution is -0.386. The molecule has 0 radical (unpaired) electrons. The highest BCUT2D eigenvalue weighted by atomic mass is 32.2. The van der Waals surface area contributed by atoms with Crippen molar-refractivity contribution in [1.82, 2.24) is 14.6 Å². The standard InChI is InChI=1S/C26H26N4O7S/c1-29(2)14-5-15-36-25-11-9-20(17-23(25)30(32)33)38(34,35)28-26(31)21-6-3-4-7-24(21)37-19-8-10-22-18(16-19)12-13-27-22/h3-4,6-13,16-17,27H,5,14-15H2,1-2H3,(H,28,31). The van der Waals surface area contributed by atoms with Crippen LogP contribution < -0.4 is 14.2 Å². The predicted molar refractivity (Wildman–Crippen MR) is 141 cm³/mol. The first kappa shape index (κ1) is 26.6. The molecule has 0 aliphatic rings. The molecule has 4 aromatic rings. The molecule has 0 saturated carbocycles. The van der Waals surface area contributed by atoms with E-state index in [-0.39, 0.29) is 23.7 Å². The number of fused-ring (bicyclic) bond motifs is 1. The summed E-state index contributed by atoms with van der Waals surface area (Å²) in [5.74, 6) is -0.410. The number of para-hydroxylation sites is 1. The number of aromatic nitrogens is 1. The summed E-state index contributed by atoms with van der Waals surface area (Å²) in [6.07, 6.45) is 2.41. The fourth-order valence-electron chi connectivity index (χ4n) is 3.69. The Labute approximate surface area is 219 Å². The van der Waals surface area contributed by atoms with Crippen LogP contribution in [0, 0.1) is 10.1 Å². The van der Waals surface area contributed by atoms with Crippen LogP contribution in [-0.2, 0) is 10.0 Å². The van der Waals surface area contributed by atoms with Gasteiger partial charge in [0, 0.05) is 29.7 Å². The second-order valence-corrected chi connectivity index (χ2v) is 10.3. The average molecular weight is 539 g/mol. The van der Waals surface area contributed by atoms with Crippen LogP contribution in [0.1, 0.15) is 16.8 Å². The highest BCUT2D eigenvalue weighted by Gasteiger charge is 2.25. The fraction of sp³-hybridized carbons (Fsp3) is 0.192. The molecule has 11 nitrogen and oxygen atoms in total. The maximum Gasteiger partial charge on any atom is 0.312 e. The summed E-state index contributed by atoms with van der Waals surface area (Å²) in [5.41, 5.74) is 0.364. The molecule has 2 N–H and O–H groups in total. The van der Waals surface area contributed by atoms with E-state index in [0.717, 1.165) is 29.6 Å². The number of nitrogens with one attached hydrogen (secondary N) is 2. The number of H-pyrrole nitrogens is 1. The molecule has 38 heavy (non-hydrogen) atoms. The molecular formula is C26H26N4O7S. The number of ether oxygens (including phenoxy) is 2. The molecule has 0 aliphatic carbocycles. The van der Waals surface area contributed by atoms with Gasteiger partial charge in [0.05, 0.1) is 22.0 Å². The number of carbonyl (C=O) groups is 1. The molecule has 0 unspecified atom stereocenters. The minimum absolute atomic E-state index is 0.0272. The molecule has 198 valence electrons. The number of nitro benzene ring substituents is 1. The molecule has 0 aliphatic heterocycles. The maximum atomic E-state index is 13.0. The van der Waals surface area contributed by atoms with E-state index in [1.165, 1.54) is 18.2 Å². The van der Waals surface area contributed by atoms with Crippen molar-refractivity contribution in [2.75, 3.05) is 27.2 Å². The van der Waals surface area contributed by atoms with Gasteiger partial charge in [-0.2, -0.15) is 0 Å². The number of carbonyl (C=O) groups excluding carboxylic acids is 1. The number of hydrogen-bond donors (Lipinski definition) is 2. The summed E-state index contributed by atoms with van der Waals surface area (Å²) in [5, 5.41) is 12.5. The molecule has 0 atom stereocenters. The minimum Gasteiger partial charge on any atom is -0.487 e. The Balaban J connectivity index is 1.52. The van der Waals surface area contributed by atoms with Gasteiger partial charge in [0.2, 0.25) is 0 Å². The largest absolute Gasteiger partial charge is 0.487 e. The van der Waals surface area contributed by atoms with Crippen molar-refractivity contribution in [3.05, 3.63) is 88.6 Å². The van der Waals surface area contributed by atoms with Gasteiger partial charge in [-0.25, -0.2) is 13.1 Å². The van der Waals surface area contributed by atoms with E-state index in [2.05, 4.69) is 4.98 Å². The maximum absolute atomic E-state index is 13.0. The summed E-state index contributed by atoms with van der Waals surface area (Å²) in [6, 6.07) is 16.6. The van der Waals surface area contributed by atoms with E-state index in [4.69, 9.17) is 9.47 Å². The first-order valence-electron chi connectivity index (χ1n) is 11.6. The van der Waals surface area contributed by atoms with Crippen molar-refractivity contribution >= 4 is 32.5 Å². The SMILES string of the molecule is CN(C)CCCOc1ccc(S(=O)(=O)NC(=O)c2ccccc2Oc2ccc3[nH]ccc3c2)cc1[N+](=O)[O-]. The number of nitro groups is 1. The van der Waals surface area contributed by atoms with Gasteiger partial charge >= 0.3 is 5.69 Å². The summed E-state index contributed by atoms with van der Waals surface area (Å²) in [6.45, 7) is 0.938. The van der Waals surface area contributed by atoms with Crippen LogP contribution in [0.5, 0.6) is 17.2 Å². The third-order valence-corrected chi connectivity index (χ3v) is 6.88. The van der Waals surface area contributed by atoms with Crippen LogP contribution in [-0.4, -0.2) is 56.4 Å². The highest BCUT2D eigenvalue weighted by Crippen LogP contribution is 2.31. The van der Waals surface area contributed by atoms with Gasteiger partial charge in [-0.1, -0.05) is 12.1 Å². The summed E-state index contributed by atoms with van der Waals surface area (Å²) in [4.78, 5) is 28.4. The predicted octanol–water partition coefficient (Wildman–Crippen LogP) is 4.32. The molecule has 0 bridgehead atoms. The fourth-order valence-corrected chi connectivity index (χ4v) is 4.68. The smallest absolute Gasteiger partial charge is 0.312 e. The lowest BCUT2D eigenvalue weighted by atomic mass is 10.2. The molecule has 0 spiro atoms. The van der Waals surface area contributed by atoms with Crippen LogP contribution in [0.3, 0.4) is 0 Å². The molecule has 0 fully saturated rings.